The molecule has 0 spiro atoms. The molecule has 0 atom stereocenters. The van der Waals surface area contributed by atoms with Crippen LogP contribution in [0.3, 0.4) is 0 Å². The molecule has 1 aromatic heterocycles. The van der Waals surface area contributed by atoms with Crippen LogP contribution in [0.2, 0.25) is 0 Å². The van der Waals surface area contributed by atoms with Crippen molar-refractivity contribution in [2.75, 3.05) is 10.6 Å². The van der Waals surface area contributed by atoms with Crippen molar-refractivity contribution in [3.05, 3.63) is 70.2 Å². The molecule has 2 aromatic carbocycles. The Morgan fingerprint density at radius 1 is 1.07 bits per heavy atom. The van der Waals surface area contributed by atoms with Crippen LogP contribution in [0, 0.1) is 13.8 Å². The Morgan fingerprint density at radius 3 is 2.59 bits per heavy atom. The number of aryl methyl sites for hydroxylation is 2. The maximum atomic E-state index is 12.3. The van der Waals surface area contributed by atoms with E-state index in [9.17, 15) is 9.59 Å². The maximum absolute atomic E-state index is 12.3. The molecule has 150 valence electrons. The van der Waals surface area contributed by atoms with Crippen LogP contribution in [-0.4, -0.2) is 16.8 Å². The second kappa shape index (κ2) is 9.71. The first kappa shape index (κ1) is 21.1. The van der Waals surface area contributed by atoms with Gasteiger partial charge in [-0.25, -0.2) is 4.98 Å². The molecule has 3 rings (SSSR count). The van der Waals surface area contributed by atoms with Crippen LogP contribution < -0.4 is 10.6 Å². The van der Waals surface area contributed by atoms with Crippen molar-refractivity contribution in [3.63, 3.8) is 0 Å². The van der Waals surface area contributed by atoms with Crippen molar-refractivity contribution in [2.45, 2.75) is 37.3 Å². The Morgan fingerprint density at radius 2 is 1.83 bits per heavy atom. The van der Waals surface area contributed by atoms with Gasteiger partial charge >= 0.3 is 0 Å². The van der Waals surface area contributed by atoms with Gasteiger partial charge in [0.05, 0.1) is 12.1 Å². The molecule has 2 amide bonds. The molecule has 0 radical (unpaired) electrons. The summed E-state index contributed by atoms with van der Waals surface area (Å²) in [5, 5.41) is 7.48. The minimum absolute atomic E-state index is 0.138. The first-order valence-electron chi connectivity index (χ1n) is 9.20. The molecule has 0 aliphatic rings. The van der Waals surface area contributed by atoms with Crippen LogP contribution in [0.4, 0.5) is 11.4 Å². The SMILES string of the molecule is CC(=O)Nc1cccc(NC(=O)Cc2csc(SCc3cc(C)ccc3C)n2)c1. The van der Waals surface area contributed by atoms with Crippen LogP contribution in [-0.2, 0) is 21.8 Å². The molecule has 0 bridgehead atoms. The van der Waals surface area contributed by atoms with Crippen LogP contribution in [0.5, 0.6) is 0 Å². The Labute approximate surface area is 179 Å². The van der Waals surface area contributed by atoms with Crippen LogP contribution in [0.1, 0.15) is 29.3 Å². The van der Waals surface area contributed by atoms with Gasteiger partial charge in [-0.15, -0.1) is 11.3 Å². The number of rotatable bonds is 7. The first-order chi connectivity index (χ1) is 13.9. The summed E-state index contributed by atoms with van der Waals surface area (Å²) < 4.78 is 0.960. The number of hydrogen-bond donors (Lipinski definition) is 2. The van der Waals surface area contributed by atoms with Crippen molar-refractivity contribution in [2.24, 2.45) is 0 Å². The summed E-state index contributed by atoms with van der Waals surface area (Å²) in [5.74, 6) is 0.575. The molecule has 0 aliphatic heterocycles. The molecule has 0 saturated carbocycles. The molecule has 1 heterocycles. The minimum atomic E-state index is -0.151. The Kier molecular flexibility index (Phi) is 7.06. The highest BCUT2D eigenvalue weighted by Crippen LogP contribution is 2.28. The van der Waals surface area contributed by atoms with Gasteiger partial charge in [0.15, 0.2) is 0 Å². The summed E-state index contributed by atoms with van der Waals surface area (Å²) in [7, 11) is 0. The van der Waals surface area contributed by atoms with E-state index < -0.39 is 0 Å². The molecular formula is C22H23N3O2S2. The minimum Gasteiger partial charge on any atom is -0.326 e. The highest BCUT2D eigenvalue weighted by Gasteiger charge is 2.10. The van der Waals surface area contributed by atoms with Gasteiger partial charge in [-0.3, -0.25) is 9.59 Å². The van der Waals surface area contributed by atoms with Crippen molar-refractivity contribution in [1.29, 1.82) is 0 Å². The lowest BCUT2D eigenvalue weighted by Crippen LogP contribution is -2.15. The Hall–Kier alpha value is -2.64. The predicted octanol–water partition coefficient (Wildman–Crippen LogP) is 5.19. The van der Waals surface area contributed by atoms with Gasteiger partial charge in [0, 0.05) is 29.4 Å². The van der Waals surface area contributed by atoms with Gasteiger partial charge in [0.1, 0.15) is 4.34 Å². The third-order valence-electron chi connectivity index (χ3n) is 4.19. The number of carbonyl (C=O) groups excluding carboxylic acids is 2. The number of aromatic nitrogens is 1. The number of amides is 2. The van der Waals surface area contributed by atoms with Crippen molar-refractivity contribution >= 4 is 46.3 Å². The average molecular weight is 426 g/mol. The van der Waals surface area contributed by atoms with Crippen molar-refractivity contribution in [3.8, 4) is 0 Å². The van der Waals surface area contributed by atoms with Crippen molar-refractivity contribution in [1.82, 2.24) is 4.98 Å². The number of carbonyl (C=O) groups is 2. The molecule has 0 saturated heterocycles. The van der Waals surface area contributed by atoms with E-state index in [1.165, 1.54) is 23.6 Å². The molecular weight excluding hydrogens is 402 g/mol. The normalized spacial score (nSPS) is 10.6. The topological polar surface area (TPSA) is 71.1 Å². The summed E-state index contributed by atoms with van der Waals surface area (Å²) in [6.07, 6.45) is 0.213. The zero-order chi connectivity index (χ0) is 20.8. The third-order valence-corrected chi connectivity index (χ3v) is 6.31. The van der Waals surface area contributed by atoms with E-state index in [0.29, 0.717) is 11.4 Å². The number of anilines is 2. The molecule has 3 aromatic rings. The molecule has 0 unspecified atom stereocenters. The van der Waals surface area contributed by atoms with Gasteiger partial charge < -0.3 is 10.6 Å². The standard InChI is InChI=1S/C22H23N3O2S2/c1-14-7-8-15(2)17(9-14)12-28-22-25-20(13-29-22)11-21(27)24-19-6-4-5-18(10-19)23-16(3)26/h4-10,13H,11-12H2,1-3H3,(H,23,26)(H,24,27). The van der Waals surface area contributed by atoms with Crippen LogP contribution in [0.25, 0.3) is 0 Å². The number of hydrogen-bond acceptors (Lipinski definition) is 5. The van der Waals surface area contributed by atoms with E-state index in [1.54, 1.807) is 47.4 Å². The van der Waals surface area contributed by atoms with Gasteiger partial charge in [0.25, 0.3) is 0 Å². The van der Waals surface area contributed by atoms with E-state index in [0.717, 1.165) is 15.8 Å². The van der Waals surface area contributed by atoms with E-state index in [2.05, 4.69) is 47.7 Å². The second-order valence-electron chi connectivity index (χ2n) is 6.81. The molecule has 0 fully saturated rings. The van der Waals surface area contributed by atoms with E-state index in [-0.39, 0.29) is 18.2 Å². The van der Waals surface area contributed by atoms with E-state index in [1.807, 2.05) is 5.38 Å². The summed E-state index contributed by atoms with van der Waals surface area (Å²) in [6.45, 7) is 5.66. The van der Waals surface area contributed by atoms with Gasteiger partial charge in [-0.1, -0.05) is 41.6 Å². The number of nitrogens with one attached hydrogen (secondary N) is 2. The van der Waals surface area contributed by atoms with E-state index in [4.69, 9.17) is 0 Å². The van der Waals surface area contributed by atoms with E-state index >= 15 is 0 Å². The highest BCUT2D eigenvalue weighted by atomic mass is 32.2. The zero-order valence-electron chi connectivity index (χ0n) is 16.6. The van der Waals surface area contributed by atoms with Crippen LogP contribution >= 0.6 is 23.1 Å². The third kappa shape index (κ3) is 6.44. The summed E-state index contributed by atoms with van der Waals surface area (Å²) in [4.78, 5) is 28.1. The fourth-order valence-electron chi connectivity index (χ4n) is 2.78. The molecule has 2 N–H and O–H groups in total. The maximum Gasteiger partial charge on any atom is 0.230 e. The first-order valence-corrected chi connectivity index (χ1v) is 11.1. The lowest BCUT2D eigenvalue weighted by molar-refractivity contribution is -0.116. The summed E-state index contributed by atoms with van der Waals surface area (Å²) in [5.41, 5.74) is 5.89. The number of nitrogens with zero attached hydrogens (tertiary/aromatic N) is 1. The fraction of sp³-hybridized carbons (Fsp3) is 0.227. The lowest BCUT2D eigenvalue weighted by atomic mass is 10.1. The summed E-state index contributed by atoms with van der Waals surface area (Å²) >= 11 is 3.25. The summed E-state index contributed by atoms with van der Waals surface area (Å²) in [6, 6.07) is 13.5. The van der Waals surface area contributed by atoms with Crippen LogP contribution in [0.15, 0.2) is 52.2 Å². The van der Waals surface area contributed by atoms with Gasteiger partial charge in [-0.2, -0.15) is 0 Å². The molecule has 7 heteroatoms. The molecule has 29 heavy (non-hydrogen) atoms. The highest BCUT2D eigenvalue weighted by molar-refractivity contribution is 8.00. The zero-order valence-corrected chi connectivity index (χ0v) is 18.2. The smallest absolute Gasteiger partial charge is 0.230 e. The molecule has 0 aliphatic carbocycles. The largest absolute Gasteiger partial charge is 0.326 e. The van der Waals surface area contributed by atoms with Crippen molar-refractivity contribution < 1.29 is 9.59 Å². The van der Waals surface area contributed by atoms with Gasteiger partial charge in [-0.05, 0) is 43.2 Å². The monoisotopic (exact) mass is 425 g/mol. The number of thiazole rings is 1. The average Bonchev–Trinajstić information content (AvgIpc) is 3.09. The predicted molar refractivity (Wildman–Crippen MR) is 121 cm³/mol. The quantitative estimate of drug-likeness (QED) is 0.511. The van der Waals surface area contributed by atoms with Gasteiger partial charge in [0.2, 0.25) is 11.8 Å². The Balaban J connectivity index is 1.55. The molecule has 5 nitrogen and oxygen atoms in total. The second-order valence-corrected chi connectivity index (χ2v) is 8.89. The number of thioether (sulfide) groups is 1. The Bertz CT molecular complexity index is 1030. The lowest BCUT2D eigenvalue weighted by Gasteiger charge is -2.07. The fourth-order valence-corrected chi connectivity index (χ4v) is 4.69. The number of benzene rings is 2.